The molecule has 4 aliphatic rings. The van der Waals surface area contributed by atoms with Gasteiger partial charge in [0.05, 0.1) is 17.6 Å². The van der Waals surface area contributed by atoms with Crippen LogP contribution in [0, 0.1) is 0 Å². The Balaban J connectivity index is 1.12. The van der Waals surface area contributed by atoms with Crippen LogP contribution in [0.4, 0.5) is 16.2 Å². The van der Waals surface area contributed by atoms with Crippen LogP contribution in [0.3, 0.4) is 0 Å². The summed E-state index contributed by atoms with van der Waals surface area (Å²) in [7, 11) is 0. The van der Waals surface area contributed by atoms with Gasteiger partial charge < -0.3 is 29.7 Å². The van der Waals surface area contributed by atoms with E-state index in [0.717, 1.165) is 37.2 Å². The van der Waals surface area contributed by atoms with Crippen LogP contribution in [0.5, 0.6) is 0 Å². The van der Waals surface area contributed by atoms with Gasteiger partial charge >= 0.3 is 6.09 Å². The molecule has 12 nitrogen and oxygen atoms in total. The second-order valence-electron chi connectivity index (χ2n) is 13.7. The fourth-order valence-electron chi connectivity index (χ4n) is 7.07. The zero-order valence-corrected chi connectivity index (χ0v) is 26.4. The number of nitrogens with one attached hydrogen (secondary N) is 1. The van der Waals surface area contributed by atoms with E-state index in [0.29, 0.717) is 61.0 Å². The zero-order chi connectivity index (χ0) is 31.3. The second-order valence-corrected chi connectivity index (χ2v) is 13.7. The van der Waals surface area contributed by atoms with Gasteiger partial charge in [0.2, 0.25) is 0 Å². The van der Waals surface area contributed by atoms with Crippen molar-refractivity contribution in [2.24, 2.45) is 0 Å². The lowest BCUT2D eigenvalue weighted by atomic mass is 9.98. The first-order valence-electron chi connectivity index (χ1n) is 16.2. The molecule has 12 heteroatoms. The van der Waals surface area contributed by atoms with Gasteiger partial charge in [-0.3, -0.25) is 9.59 Å². The highest BCUT2D eigenvalue weighted by atomic mass is 16.6. The third-order valence-electron chi connectivity index (χ3n) is 9.59. The monoisotopic (exact) mass is 614 g/mol. The van der Waals surface area contributed by atoms with Crippen LogP contribution < -0.4 is 10.2 Å². The molecular weight excluding hydrogens is 572 g/mol. The third-order valence-corrected chi connectivity index (χ3v) is 9.59. The number of piperidine rings is 2. The molecule has 7 rings (SSSR count). The van der Waals surface area contributed by atoms with E-state index in [1.165, 1.54) is 25.7 Å². The van der Waals surface area contributed by atoms with Gasteiger partial charge in [-0.25, -0.2) is 14.3 Å². The Morgan fingerprint density at radius 1 is 0.978 bits per heavy atom. The van der Waals surface area contributed by atoms with E-state index in [9.17, 15) is 14.4 Å². The van der Waals surface area contributed by atoms with Crippen LogP contribution in [0.25, 0.3) is 5.65 Å². The molecule has 0 atom stereocenters. The smallest absolute Gasteiger partial charge is 0.410 e. The van der Waals surface area contributed by atoms with Gasteiger partial charge in [0.25, 0.3) is 11.8 Å². The molecule has 3 aromatic rings. The fraction of sp³-hybridized carbons (Fsp3) is 0.545. The first-order chi connectivity index (χ1) is 21.6. The topological polar surface area (TPSA) is 116 Å². The van der Waals surface area contributed by atoms with Crippen LogP contribution >= 0.6 is 0 Å². The van der Waals surface area contributed by atoms with Gasteiger partial charge in [0.1, 0.15) is 11.2 Å². The minimum atomic E-state index is -0.544. The highest BCUT2D eigenvalue weighted by Crippen LogP contribution is 2.38. The average molecular weight is 615 g/mol. The predicted octanol–water partition coefficient (Wildman–Crippen LogP) is 4.01. The summed E-state index contributed by atoms with van der Waals surface area (Å²) in [5.41, 5.74) is 3.52. The lowest BCUT2D eigenvalue weighted by Gasteiger charge is -2.43. The van der Waals surface area contributed by atoms with Crippen molar-refractivity contribution in [3.8, 4) is 0 Å². The first-order valence-corrected chi connectivity index (χ1v) is 16.2. The predicted molar refractivity (Wildman–Crippen MR) is 170 cm³/mol. The molecule has 3 amide bonds. The summed E-state index contributed by atoms with van der Waals surface area (Å²) in [5, 5.41) is 7.45. The number of rotatable bonds is 5. The Morgan fingerprint density at radius 2 is 1.71 bits per heavy atom. The fourth-order valence-corrected chi connectivity index (χ4v) is 7.07. The standard InChI is InChI=1S/C33H42N8O4/c1-33(2,3)45-32(44)39-16-8-24(9-17-39)40-21-22-18-27(36-30(42)26-20-35-41-13-4-10-34-29(26)41)28(19-25(22)31(40)43)38-14-6-23(7-15-38)37-11-5-12-37/h4,10,13,18-20,23-24H,5-9,11-12,14-17,21H2,1-3H3,(H,36,42). The van der Waals surface area contributed by atoms with Gasteiger partial charge in [-0.1, -0.05) is 0 Å². The van der Waals surface area contributed by atoms with Gasteiger partial charge in [-0.15, -0.1) is 0 Å². The highest BCUT2D eigenvalue weighted by molar-refractivity contribution is 6.10. The molecular formula is C33H42N8O4. The van der Waals surface area contributed by atoms with Crippen LogP contribution in [-0.4, -0.2) is 104 Å². The summed E-state index contributed by atoms with van der Waals surface area (Å²) in [6, 6.07) is 6.37. The lowest BCUT2D eigenvalue weighted by molar-refractivity contribution is 0.0148. The number of anilines is 2. The van der Waals surface area contributed by atoms with Crippen LogP contribution in [0.15, 0.2) is 36.8 Å². The van der Waals surface area contributed by atoms with E-state index in [1.54, 1.807) is 27.9 Å². The number of ether oxygens (including phenoxy) is 1. The maximum atomic E-state index is 13.9. The summed E-state index contributed by atoms with van der Waals surface area (Å²) in [6.45, 7) is 11.3. The molecule has 45 heavy (non-hydrogen) atoms. The Bertz CT molecular complexity index is 1610. The Labute approximate surface area is 263 Å². The van der Waals surface area contributed by atoms with E-state index >= 15 is 0 Å². The minimum Gasteiger partial charge on any atom is -0.444 e. The van der Waals surface area contributed by atoms with Crippen molar-refractivity contribution < 1.29 is 19.1 Å². The van der Waals surface area contributed by atoms with Crippen molar-refractivity contribution in [3.05, 3.63) is 53.5 Å². The maximum Gasteiger partial charge on any atom is 0.410 e. The molecule has 3 saturated heterocycles. The van der Waals surface area contributed by atoms with E-state index < -0.39 is 5.60 Å². The molecule has 1 aromatic carbocycles. The summed E-state index contributed by atoms with van der Waals surface area (Å²) in [5.74, 6) is -0.266. The van der Waals surface area contributed by atoms with Crippen molar-refractivity contribution >= 4 is 34.9 Å². The maximum absolute atomic E-state index is 13.9. The third kappa shape index (κ3) is 5.83. The zero-order valence-electron chi connectivity index (χ0n) is 26.4. The number of hydrogen-bond donors (Lipinski definition) is 1. The van der Waals surface area contributed by atoms with Crippen molar-refractivity contribution in [2.75, 3.05) is 49.5 Å². The summed E-state index contributed by atoms with van der Waals surface area (Å²) >= 11 is 0. The lowest BCUT2D eigenvalue weighted by Crippen LogP contribution is -2.50. The van der Waals surface area contributed by atoms with Crippen LogP contribution in [0.1, 0.15) is 79.2 Å². The van der Waals surface area contributed by atoms with Crippen molar-refractivity contribution in [1.82, 2.24) is 29.3 Å². The number of benzene rings is 1. The number of hydrogen-bond acceptors (Lipinski definition) is 8. The van der Waals surface area contributed by atoms with Crippen molar-refractivity contribution in [2.45, 2.75) is 77.1 Å². The largest absolute Gasteiger partial charge is 0.444 e. The molecule has 0 spiro atoms. The van der Waals surface area contributed by atoms with Crippen LogP contribution in [-0.2, 0) is 11.3 Å². The number of fused-ring (bicyclic) bond motifs is 2. The molecule has 238 valence electrons. The Morgan fingerprint density at radius 3 is 2.40 bits per heavy atom. The van der Waals surface area contributed by atoms with Gasteiger partial charge in [0.15, 0.2) is 5.65 Å². The summed E-state index contributed by atoms with van der Waals surface area (Å²) in [6.07, 6.45) is 9.42. The molecule has 2 aromatic heterocycles. The molecule has 0 bridgehead atoms. The Hall–Kier alpha value is -4.19. The van der Waals surface area contributed by atoms with Crippen LogP contribution in [0.2, 0.25) is 0 Å². The first kappa shape index (κ1) is 29.5. The van der Waals surface area contributed by atoms with E-state index in [1.807, 2.05) is 37.8 Å². The normalized spacial score (nSPS) is 20.0. The second kappa shape index (κ2) is 11.6. The Kier molecular flexibility index (Phi) is 7.63. The van der Waals surface area contributed by atoms with Gasteiger partial charge in [0, 0.05) is 62.8 Å². The van der Waals surface area contributed by atoms with E-state index in [4.69, 9.17) is 4.74 Å². The summed E-state index contributed by atoms with van der Waals surface area (Å²) in [4.78, 5) is 53.0. The average Bonchev–Trinajstić information content (AvgIpc) is 3.56. The molecule has 1 N–H and O–H groups in total. The molecule has 0 saturated carbocycles. The van der Waals surface area contributed by atoms with E-state index in [-0.39, 0.29) is 23.9 Å². The van der Waals surface area contributed by atoms with Gasteiger partial charge in [-0.2, -0.15) is 5.10 Å². The SMILES string of the molecule is CC(C)(C)OC(=O)N1CCC(N2Cc3cc(NC(=O)c4cnn5cccnc45)c(N4CCC(N5CCC5)CC4)cc3C2=O)CC1. The highest BCUT2D eigenvalue weighted by Gasteiger charge is 2.38. The number of carbonyl (C=O) groups excluding carboxylic acids is 3. The molecule has 0 radical (unpaired) electrons. The number of aromatic nitrogens is 3. The van der Waals surface area contributed by atoms with Crippen molar-refractivity contribution in [3.63, 3.8) is 0 Å². The molecule has 0 aliphatic carbocycles. The number of likely N-dealkylation sites (tertiary alicyclic amines) is 2. The molecule has 6 heterocycles. The number of amides is 3. The van der Waals surface area contributed by atoms with Gasteiger partial charge in [-0.05, 0) is 89.7 Å². The molecule has 0 unspecified atom stereocenters. The minimum absolute atomic E-state index is 0.0159. The quantitative estimate of drug-likeness (QED) is 0.459. The van der Waals surface area contributed by atoms with E-state index in [2.05, 4.69) is 25.2 Å². The van der Waals surface area contributed by atoms with Crippen molar-refractivity contribution in [1.29, 1.82) is 0 Å². The summed E-state index contributed by atoms with van der Waals surface area (Å²) < 4.78 is 7.15. The molecule has 4 aliphatic heterocycles. The number of nitrogens with zero attached hydrogens (tertiary/aromatic N) is 7. The number of carbonyl (C=O) groups is 3. The molecule has 3 fully saturated rings.